The average Bonchev–Trinajstić information content (AvgIpc) is 2.07. The zero-order chi connectivity index (χ0) is 7.94. The molecule has 0 radical (unpaired) electrons. The van der Waals surface area contributed by atoms with Gasteiger partial charge in [0.2, 0.25) is 0 Å². The molecular formula is C10H15Bi. The molecule has 0 nitrogen and oxygen atoms in total. The van der Waals surface area contributed by atoms with Crippen molar-refractivity contribution >= 4 is 26.5 Å². The third-order valence-corrected chi connectivity index (χ3v) is 6.86. The summed E-state index contributed by atoms with van der Waals surface area (Å²) < 4.78 is 3.20. The molecule has 0 aliphatic heterocycles. The summed E-state index contributed by atoms with van der Waals surface area (Å²) in [6.45, 7) is 2.27. The van der Waals surface area contributed by atoms with Gasteiger partial charge >= 0.3 is 80.7 Å². The van der Waals surface area contributed by atoms with Gasteiger partial charge in [-0.05, 0) is 0 Å². The molecule has 0 heterocycles. The van der Waals surface area contributed by atoms with E-state index < -0.39 is 0 Å². The van der Waals surface area contributed by atoms with Gasteiger partial charge in [0.25, 0.3) is 0 Å². The molecule has 0 spiro atoms. The van der Waals surface area contributed by atoms with E-state index in [-0.39, 0.29) is 23.2 Å². The van der Waals surface area contributed by atoms with Crippen LogP contribution < -0.4 is 3.27 Å². The Morgan fingerprint density at radius 2 is 1.91 bits per heavy atom. The van der Waals surface area contributed by atoms with Gasteiger partial charge in [-0.2, -0.15) is 0 Å². The summed E-state index contributed by atoms with van der Waals surface area (Å²) in [7, 11) is 0. The first kappa shape index (κ1) is 9.19. The standard InChI is InChI=1S/C6H5.C4H9.Bi.H/c1-2-4-6-5-3-1;1-3-4-2;;/h1-5H;1,3-4H2,2H3;;. The van der Waals surface area contributed by atoms with Gasteiger partial charge in [0.15, 0.2) is 0 Å². The molecule has 0 saturated carbocycles. The Morgan fingerprint density at radius 3 is 2.55 bits per heavy atom. The molecule has 1 aromatic rings. The van der Waals surface area contributed by atoms with Gasteiger partial charge < -0.3 is 0 Å². The Morgan fingerprint density at radius 1 is 1.18 bits per heavy atom. The SMILES string of the molecule is CCC[CH2][BiH][c]1ccccc1. The molecule has 1 heteroatoms. The number of rotatable bonds is 4. The van der Waals surface area contributed by atoms with E-state index in [0.29, 0.717) is 0 Å². The van der Waals surface area contributed by atoms with E-state index in [1.54, 1.807) is 3.27 Å². The van der Waals surface area contributed by atoms with Gasteiger partial charge in [0.1, 0.15) is 0 Å². The first-order valence-electron chi connectivity index (χ1n) is 4.22. The maximum absolute atomic E-state index is 2.29. The Hall–Kier alpha value is 0.103. The van der Waals surface area contributed by atoms with Crippen LogP contribution in [-0.2, 0) is 0 Å². The van der Waals surface area contributed by atoms with Crippen molar-refractivity contribution in [2.45, 2.75) is 23.9 Å². The van der Waals surface area contributed by atoms with Gasteiger partial charge in [-0.25, -0.2) is 0 Å². The number of hydrogen-bond donors (Lipinski definition) is 0. The molecule has 0 amide bonds. The molecule has 60 valence electrons. The molecule has 1 rings (SSSR count). The molecule has 0 N–H and O–H groups in total. The minimum absolute atomic E-state index is 0.389. The maximum atomic E-state index is 2.29. The zero-order valence-electron chi connectivity index (χ0n) is 7.01. The molecule has 0 unspecified atom stereocenters. The summed E-state index contributed by atoms with van der Waals surface area (Å²) >= 11 is -0.389. The van der Waals surface area contributed by atoms with Crippen LogP contribution in [0.2, 0.25) is 4.13 Å². The molecule has 0 aliphatic rings. The Labute approximate surface area is 80.6 Å². The van der Waals surface area contributed by atoms with Crippen molar-refractivity contribution < 1.29 is 0 Å². The van der Waals surface area contributed by atoms with Crippen molar-refractivity contribution in [1.29, 1.82) is 0 Å². The fourth-order valence-corrected chi connectivity index (χ4v) is 5.81. The first-order valence-corrected chi connectivity index (χ1v) is 8.91. The number of benzene rings is 1. The van der Waals surface area contributed by atoms with Crippen molar-refractivity contribution in [2.24, 2.45) is 0 Å². The van der Waals surface area contributed by atoms with E-state index in [0.717, 1.165) is 0 Å². The van der Waals surface area contributed by atoms with Gasteiger partial charge in [-0.15, -0.1) is 0 Å². The second kappa shape index (κ2) is 5.72. The van der Waals surface area contributed by atoms with Crippen molar-refractivity contribution in [3.63, 3.8) is 0 Å². The van der Waals surface area contributed by atoms with Gasteiger partial charge in [0.05, 0.1) is 0 Å². The minimum atomic E-state index is -0.389. The van der Waals surface area contributed by atoms with Crippen LogP contribution in [0, 0.1) is 0 Å². The summed E-state index contributed by atoms with van der Waals surface area (Å²) in [6, 6.07) is 11.0. The van der Waals surface area contributed by atoms with Crippen molar-refractivity contribution in [3.8, 4) is 0 Å². The van der Waals surface area contributed by atoms with E-state index in [9.17, 15) is 0 Å². The number of hydrogen-bond acceptors (Lipinski definition) is 0. The molecule has 0 bridgehead atoms. The van der Waals surface area contributed by atoms with E-state index in [4.69, 9.17) is 0 Å². The summed E-state index contributed by atoms with van der Waals surface area (Å²) in [6.07, 6.45) is 2.80. The van der Waals surface area contributed by atoms with E-state index in [1.165, 1.54) is 17.0 Å². The molecular weight excluding hydrogens is 329 g/mol. The first-order chi connectivity index (χ1) is 5.43. The van der Waals surface area contributed by atoms with Gasteiger partial charge in [-0.1, -0.05) is 0 Å². The van der Waals surface area contributed by atoms with Crippen LogP contribution in [0.3, 0.4) is 0 Å². The van der Waals surface area contributed by atoms with E-state index >= 15 is 0 Å². The van der Waals surface area contributed by atoms with Crippen LogP contribution in [0.15, 0.2) is 30.3 Å². The third-order valence-electron chi connectivity index (χ3n) is 1.63. The van der Waals surface area contributed by atoms with Crippen molar-refractivity contribution in [3.05, 3.63) is 30.3 Å². The van der Waals surface area contributed by atoms with Crippen LogP contribution in [0.25, 0.3) is 0 Å². The zero-order valence-corrected chi connectivity index (χ0v) is 10.9. The molecule has 11 heavy (non-hydrogen) atoms. The average molecular weight is 344 g/mol. The monoisotopic (exact) mass is 344 g/mol. The molecule has 1 aromatic carbocycles. The Kier molecular flexibility index (Phi) is 4.78. The van der Waals surface area contributed by atoms with E-state index in [2.05, 4.69) is 37.3 Å². The predicted molar refractivity (Wildman–Crippen MR) is 52.9 cm³/mol. The fourth-order valence-electron chi connectivity index (χ4n) is 0.966. The van der Waals surface area contributed by atoms with E-state index in [1.807, 2.05) is 0 Å². The van der Waals surface area contributed by atoms with Crippen LogP contribution in [-0.4, -0.2) is 23.2 Å². The fraction of sp³-hybridized carbons (Fsp3) is 0.400. The van der Waals surface area contributed by atoms with Crippen LogP contribution >= 0.6 is 0 Å². The summed E-state index contributed by atoms with van der Waals surface area (Å²) in [5.41, 5.74) is 0. The number of unbranched alkanes of at least 4 members (excludes halogenated alkanes) is 1. The molecule has 0 aliphatic carbocycles. The van der Waals surface area contributed by atoms with Crippen LogP contribution in [0.4, 0.5) is 0 Å². The summed E-state index contributed by atoms with van der Waals surface area (Å²) in [5, 5.41) is 0. The van der Waals surface area contributed by atoms with Crippen LogP contribution in [0.5, 0.6) is 0 Å². The normalized spacial score (nSPS) is 9.91. The Balaban J connectivity index is 2.28. The van der Waals surface area contributed by atoms with Crippen molar-refractivity contribution in [1.82, 2.24) is 0 Å². The van der Waals surface area contributed by atoms with Gasteiger partial charge in [0, 0.05) is 0 Å². The second-order valence-electron chi connectivity index (χ2n) is 2.65. The molecule has 0 fully saturated rings. The molecule has 0 atom stereocenters. The Bertz CT molecular complexity index is 181. The van der Waals surface area contributed by atoms with Crippen LogP contribution in [0.1, 0.15) is 19.8 Å². The van der Waals surface area contributed by atoms with Gasteiger partial charge in [-0.3, -0.25) is 0 Å². The quantitative estimate of drug-likeness (QED) is 0.579. The topological polar surface area (TPSA) is 0 Å². The molecule has 0 saturated heterocycles. The predicted octanol–water partition coefficient (Wildman–Crippen LogP) is 1.97. The van der Waals surface area contributed by atoms with Crippen molar-refractivity contribution in [2.75, 3.05) is 0 Å². The molecule has 0 aromatic heterocycles. The summed E-state index contributed by atoms with van der Waals surface area (Å²) in [5.74, 6) is 0. The third kappa shape index (κ3) is 3.86. The second-order valence-corrected chi connectivity index (χ2v) is 8.21. The summed E-state index contributed by atoms with van der Waals surface area (Å²) in [4.78, 5) is 0.